The van der Waals surface area contributed by atoms with Crippen molar-refractivity contribution in [1.82, 2.24) is 0 Å². The fourth-order valence-electron chi connectivity index (χ4n) is 3.04. The average Bonchev–Trinajstić information content (AvgIpc) is 2.67. The van der Waals surface area contributed by atoms with Crippen LogP contribution in [-0.4, -0.2) is 18.0 Å². The van der Waals surface area contributed by atoms with Gasteiger partial charge in [0.15, 0.2) is 0 Å². The van der Waals surface area contributed by atoms with E-state index in [1.165, 1.54) is 37.1 Å². The lowest BCUT2D eigenvalue weighted by atomic mass is 10.0. The lowest BCUT2D eigenvalue weighted by molar-refractivity contribution is -0.384. The topological polar surface area (TPSA) is 70.2 Å². The molecule has 0 unspecified atom stereocenters. The normalized spacial score (nSPS) is 14.8. The molecule has 5 heteroatoms. The van der Waals surface area contributed by atoms with E-state index < -0.39 is 4.92 Å². The Morgan fingerprint density at radius 1 is 1.04 bits per heavy atom. The number of non-ortho nitro benzene ring substituents is 1. The number of nitrogens with zero attached hydrogens (tertiary/aromatic N) is 3. The Balaban J connectivity index is 1.79. The molecule has 1 aliphatic heterocycles. The van der Waals surface area contributed by atoms with E-state index in [1.54, 1.807) is 18.2 Å². The van der Waals surface area contributed by atoms with Gasteiger partial charge < -0.3 is 4.90 Å². The predicted octanol–water partition coefficient (Wildman–Crippen LogP) is 4.65. The second kappa shape index (κ2) is 7.63. The van der Waals surface area contributed by atoms with Crippen molar-refractivity contribution in [3.8, 4) is 6.07 Å². The van der Waals surface area contributed by atoms with E-state index in [1.807, 2.05) is 12.1 Å². The minimum atomic E-state index is -0.446. The molecule has 2 aromatic rings. The summed E-state index contributed by atoms with van der Waals surface area (Å²) in [4.78, 5) is 12.7. The van der Waals surface area contributed by atoms with Gasteiger partial charge in [0, 0.05) is 30.9 Å². The first kappa shape index (κ1) is 16.7. The molecule has 1 saturated heterocycles. The molecule has 0 spiro atoms. The number of piperidine rings is 1. The van der Waals surface area contributed by atoms with E-state index in [4.69, 9.17) is 0 Å². The molecule has 126 valence electrons. The summed E-state index contributed by atoms with van der Waals surface area (Å²) in [6.45, 7) is 2.20. The quantitative estimate of drug-likeness (QED) is 0.353. The minimum absolute atomic E-state index is 0.0203. The molecule has 0 aromatic heterocycles. The summed E-state index contributed by atoms with van der Waals surface area (Å²) >= 11 is 0. The van der Waals surface area contributed by atoms with Gasteiger partial charge in [0.25, 0.3) is 5.69 Å². The Bertz CT molecular complexity index is 812. The van der Waals surface area contributed by atoms with Gasteiger partial charge in [-0.1, -0.05) is 12.1 Å². The zero-order valence-corrected chi connectivity index (χ0v) is 13.9. The number of nitro groups is 1. The van der Waals surface area contributed by atoms with Crippen LogP contribution in [0.15, 0.2) is 48.5 Å². The van der Waals surface area contributed by atoms with Gasteiger partial charge in [-0.2, -0.15) is 5.26 Å². The molecule has 3 rings (SSSR count). The van der Waals surface area contributed by atoms with Crippen molar-refractivity contribution in [3.05, 3.63) is 69.8 Å². The van der Waals surface area contributed by atoms with Crippen LogP contribution in [0.5, 0.6) is 0 Å². The molecule has 5 nitrogen and oxygen atoms in total. The number of anilines is 1. The summed E-state index contributed by atoms with van der Waals surface area (Å²) in [7, 11) is 0. The van der Waals surface area contributed by atoms with Crippen LogP contribution in [0.4, 0.5) is 11.4 Å². The molecule has 0 aliphatic carbocycles. The van der Waals surface area contributed by atoms with Gasteiger partial charge in [0.1, 0.15) is 0 Å². The van der Waals surface area contributed by atoms with E-state index in [0.29, 0.717) is 11.1 Å². The van der Waals surface area contributed by atoms with E-state index in [9.17, 15) is 15.4 Å². The third kappa shape index (κ3) is 4.04. The Hall–Kier alpha value is -3.13. The predicted molar refractivity (Wildman–Crippen MR) is 99.1 cm³/mol. The monoisotopic (exact) mass is 333 g/mol. The smallest absolute Gasteiger partial charge is 0.269 e. The van der Waals surface area contributed by atoms with Crippen LogP contribution in [0, 0.1) is 21.4 Å². The lowest BCUT2D eigenvalue weighted by Crippen LogP contribution is -2.29. The molecule has 0 bridgehead atoms. The van der Waals surface area contributed by atoms with Crippen molar-refractivity contribution >= 4 is 23.0 Å². The van der Waals surface area contributed by atoms with Gasteiger partial charge in [0.05, 0.1) is 16.6 Å². The Morgan fingerprint density at radius 3 is 2.24 bits per heavy atom. The first-order chi connectivity index (χ1) is 12.2. The van der Waals surface area contributed by atoms with Crippen LogP contribution in [0.2, 0.25) is 0 Å². The third-order valence-electron chi connectivity index (χ3n) is 4.43. The maximum atomic E-state index is 10.7. The SMILES string of the molecule is N#CC(=Cc1ccc(N2CCCCC2)cc1)c1ccc([N+](=O)[O-])cc1. The fraction of sp³-hybridized carbons (Fsp3) is 0.250. The van der Waals surface area contributed by atoms with Crippen molar-refractivity contribution in [1.29, 1.82) is 5.26 Å². The molecule has 0 radical (unpaired) electrons. The van der Waals surface area contributed by atoms with E-state index in [2.05, 4.69) is 23.1 Å². The van der Waals surface area contributed by atoms with Gasteiger partial charge in [0.2, 0.25) is 0 Å². The van der Waals surface area contributed by atoms with Crippen LogP contribution < -0.4 is 4.90 Å². The molecule has 0 N–H and O–H groups in total. The number of hydrogen-bond acceptors (Lipinski definition) is 4. The highest BCUT2D eigenvalue weighted by molar-refractivity contribution is 5.89. The minimum Gasteiger partial charge on any atom is -0.372 e. The maximum absolute atomic E-state index is 10.7. The molecule has 1 aliphatic rings. The summed E-state index contributed by atoms with van der Waals surface area (Å²) in [5.41, 5.74) is 3.34. The van der Waals surface area contributed by atoms with E-state index >= 15 is 0 Å². The highest BCUT2D eigenvalue weighted by atomic mass is 16.6. The molecule has 2 aromatic carbocycles. The maximum Gasteiger partial charge on any atom is 0.269 e. The zero-order valence-electron chi connectivity index (χ0n) is 13.9. The number of benzene rings is 2. The molecular weight excluding hydrogens is 314 g/mol. The van der Waals surface area contributed by atoms with Crippen LogP contribution >= 0.6 is 0 Å². The van der Waals surface area contributed by atoms with Gasteiger partial charge in [-0.05, 0) is 60.7 Å². The van der Waals surface area contributed by atoms with Gasteiger partial charge >= 0.3 is 0 Å². The summed E-state index contributed by atoms with van der Waals surface area (Å²) in [6, 6.07) is 16.4. The Labute approximate surface area is 147 Å². The number of allylic oxidation sites excluding steroid dienone is 1. The number of nitriles is 1. The number of nitro benzene ring substituents is 1. The third-order valence-corrected chi connectivity index (χ3v) is 4.43. The van der Waals surface area contributed by atoms with Crippen molar-refractivity contribution in [3.63, 3.8) is 0 Å². The summed E-state index contributed by atoms with van der Waals surface area (Å²) < 4.78 is 0. The molecule has 0 atom stereocenters. The summed E-state index contributed by atoms with van der Waals surface area (Å²) in [5, 5.41) is 20.1. The van der Waals surface area contributed by atoms with Crippen molar-refractivity contribution in [2.45, 2.75) is 19.3 Å². The highest BCUT2D eigenvalue weighted by Crippen LogP contribution is 2.24. The molecule has 1 fully saturated rings. The molecule has 1 heterocycles. The first-order valence-electron chi connectivity index (χ1n) is 8.39. The molecule has 0 amide bonds. The highest BCUT2D eigenvalue weighted by Gasteiger charge is 2.11. The summed E-state index contributed by atoms with van der Waals surface area (Å²) in [5.74, 6) is 0. The first-order valence-corrected chi connectivity index (χ1v) is 8.39. The van der Waals surface area contributed by atoms with Crippen molar-refractivity contribution in [2.75, 3.05) is 18.0 Å². The summed E-state index contributed by atoms with van der Waals surface area (Å²) in [6.07, 6.45) is 5.58. The van der Waals surface area contributed by atoms with Crippen molar-refractivity contribution in [2.24, 2.45) is 0 Å². The molecule has 0 saturated carbocycles. The van der Waals surface area contributed by atoms with Crippen LogP contribution in [0.3, 0.4) is 0 Å². The molecule has 25 heavy (non-hydrogen) atoms. The number of hydrogen-bond donors (Lipinski definition) is 0. The Kier molecular flexibility index (Phi) is 5.10. The van der Waals surface area contributed by atoms with E-state index in [-0.39, 0.29) is 5.69 Å². The lowest BCUT2D eigenvalue weighted by Gasteiger charge is -2.28. The van der Waals surface area contributed by atoms with Crippen LogP contribution in [0.25, 0.3) is 11.6 Å². The number of rotatable bonds is 4. The standard InChI is InChI=1S/C20H19N3O2/c21-15-18(17-6-10-20(11-7-17)23(24)25)14-16-4-8-19(9-5-16)22-12-2-1-3-13-22/h4-11,14H,1-3,12-13H2. The van der Waals surface area contributed by atoms with Gasteiger partial charge in [-0.25, -0.2) is 0 Å². The molecular formula is C20H19N3O2. The fourth-order valence-corrected chi connectivity index (χ4v) is 3.04. The van der Waals surface area contributed by atoms with E-state index in [0.717, 1.165) is 18.7 Å². The average molecular weight is 333 g/mol. The van der Waals surface area contributed by atoms with Crippen LogP contribution in [0.1, 0.15) is 30.4 Å². The second-order valence-electron chi connectivity index (χ2n) is 6.11. The van der Waals surface area contributed by atoms with Gasteiger partial charge in [-0.15, -0.1) is 0 Å². The Morgan fingerprint density at radius 2 is 1.68 bits per heavy atom. The van der Waals surface area contributed by atoms with Gasteiger partial charge in [-0.3, -0.25) is 10.1 Å². The largest absolute Gasteiger partial charge is 0.372 e. The van der Waals surface area contributed by atoms with Crippen LogP contribution in [-0.2, 0) is 0 Å². The zero-order chi connectivity index (χ0) is 17.6. The van der Waals surface area contributed by atoms with Crippen molar-refractivity contribution < 1.29 is 4.92 Å². The second-order valence-corrected chi connectivity index (χ2v) is 6.11.